The van der Waals surface area contributed by atoms with E-state index in [2.05, 4.69) is 5.32 Å². The molecule has 0 radical (unpaired) electrons. The number of benzene rings is 1. The molecule has 1 aromatic rings. The molecule has 29 heavy (non-hydrogen) atoms. The van der Waals surface area contributed by atoms with Gasteiger partial charge in [-0.2, -0.15) is 0 Å². The van der Waals surface area contributed by atoms with E-state index in [4.69, 9.17) is 14.7 Å². The minimum Gasteiger partial charge on any atom is -0.497 e. The number of urea groups is 1. The molecular weight excluding hydrogens is 374 g/mol. The standard InChI is InChI=1S/C21H27N3O5/c1-13(2)18-12-29-19-10-14(20(25)23-27)4-5-15(19)11-24(18)21(26)22-16-6-8-17(28-3)9-7-16/h5-10,13-14,18,27H,4,11-12H2,1-3H3,(H,22,26)(H,23,25)/t14?,18-/m0/s1. The van der Waals surface area contributed by atoms with Crippen molar-refractivity contribution in [2.75, 3.05) is 25.6 Å². The van der Waals surface area contributed by atoms with Crippen LogP contribution in [-0.4, -0.2) is 48.3 Å². The van der Waals surface area contributed by atoms with Crippen molar-refractivity contribution < 1.29 is 24.3 Å². The van der Waals surface area contributed by atoms with Gasteiger partial charge in [0.25, 0.3) is 5.91 Å². The first-order valence-electron chi connectivity index (χ1n) is 9.62. The quantitative estimate of drug-likeness (QED) is 0.532. The van der Waals surface area contributed by atoms with Crippen molar-refractivity contribution in [2.24, 2.45) is 11.8 Å². The maximum Gasteiger partial charge on any atom is 0.322 e. The van der Waals surface area contributed by atoms with Gasteiger partial charge < -0.3 is 19.7 Å². The summed E-state index contributed by atoms with van der Waals surface area (Å²) in [5.41, 5.74) is 3.22. The molecule has 1 aliphatic heterocycles. The van der Waals surface area contributed by atoms with Gasteiger partial charge in [-0.1, -0.05) is 19.9 Å². The van der Waals surface area contributed by atoms with Gasteiger partial charge in [0, 0.05) is 11.3 Å². The Balaban J connectivity index is 1.79. The topological polar surface area (TPSA) is 100 Å². The van der Waals surface area contributed by atoms with Gasteiger partial charge in [-0.15, -0.1) is 0 Å². The summed E-state index contributed by atoms with van der Waals surface area (Å²) in [6, 6.07) is 6.81. The number of nitrogens with zero attached hydrogens (tertiary/aromatic N) is 1. The molecule has 0 saturated carbocycles. The fraction of sp³-hybridized carbons (Fsp3) is 0.429. The summed E-state index contributed by atoms with van der Waals surface area (Å²) >= 11 is 0. The Morgan fingerprint density at radius 2 is 2.00 bits per heavy atom. The molecule has 8 nitrogen and oxygen atoms in total. The molecule has 156 valence electrons. The Bertz CT molecular complexity index is 816. The molecule has 2 aliphatic rings. The van der Waals surface area contributed by atoms with E-state index in [0.29, 0.717) is 31.0 Å². The first kappa shape index (κ1) is 20.7. The average molecular weight is 401 g/mol. The number of hydrogen-bond donors (Lipinski definition) is 3. The lowest BCUT2D eigenvalue weighted by atomic mass is 9.94. The molecular formula is C21H27N3O5. The van der Waals surface area contributed by atoms with Crippen molar-refractivity contribution in [3.05, 3.63) is 47.7 Å². The molecule has 0 aromatic heterocycles. The van der Waals surface area contributed by atoms with E-state index in [0.717, 1.165) is 11.3 Å². The molecule has 0 spiro atoms. The van der Waals surface area contributed by atoms with Crippen LogP contribution in [0.5, 0.6) is 5.75 Å². The second-order valence-corrected chi connectivity index (χ2v) is 7.49. The van der Waals surface area contributed by atoms with E-state index >= 15 is 0 Å². The third-order valence-electron chi connectivity index (χ3n) is 5.26. The third kappa shape index (κ3) is 4.71. The van der Waals surface area contributed by atoms with Gasteiger partial charge in [0.1, 0.15) is 18.1 Å². The molecule has 1 aromatic carbocycles. The molecule has 8 heteroatoms. The lowest BCUT2D eigenvalue weighted by Gasteiger charge is -2.32. The number of anilines is 1. The summed E-state index contributed by atoms with van der Waals surface area (Å²) in [6.45, 7) is 4.79. The van der Waals surface area contributed by atoms with Crippen molar-refractivity contribution in [3.8, 4) is 5.75 Å². The summed E-state index contributed by atoms with van der Waals surface area (Å²) in [6.07, 6.45) is 4.05. The van der Waals surface area contributed by atoms with Gasteiger partial charge in [-0.25, -0.2) is 10.3 Å². The van der Waals surface area contributed by atoms with Crippen LogP contribution in [0.4, 0.5) is 10.5 Å². The normalized spacial score (nSPS) is 21.2. The molecule has 1 fully saturated rings. The van der Waals surface area contributed by atoms with Crippen LogP contribution in [0.15, 0.2) is 47.7 Å². The van der Waals surface area contributed by atoms with Crippen molar-refractivity contribution >= 4 is 17.6 Å². The number of allylic oxidation sites excluding steroid dienone is 1. The molecule has 2 atom stereocenters. The number of hydroxylamine groups is 1. The number of amides is 3. The number of nitrogens with one attached hydrogen (secondary N) is 2. The largest absolute Gasteiger partial charge is 0.497 e. The second kappa shape index (κ2) is 9.00. The fourth-order valence-electron chi connectivity index (χ4n) is 3.49. The molecule has 3 rings (SSSR count). The van der Waals surface area contributed by atoms with Gasteiger partial charge in [0.05, 0.1) is 25.6 Å². The van der Waals surface area contributed by atoms with E-state index in [1.165, 1.54) is 0 Å². The van der Waals surface area contributed by atoms with Gasteiger partial charge in [0.2, 0.25) is 0 Å². The predicted octanol–water partition coefficient (Wildman–Crippen LogP) is 2.92. The third-order valence-corrected chi connectivity index (χ3v) is 5.26. The lowest BCUT2D eigenvalue weighted by molar-refractivity contribution is -0.131. The van der Waals surface area contributed by atoms with E-state index in [-0.39, 0.29) is 18.0 Å². The minimum absolute atomic E-state index is 0.134. The van der Waals surface area contributed by atoms with Gasteiger partial charge >= 0.3 is 6.03 Å². The Kier molecular flexibility index (Phi) is 6.43. The molecule has 1 saturated heterocycles. The number of hydrogen-bond acceptors (Lipinski definition) is 5. The highest BCUT2D eigenvalue weighted by atomic mass is 16.5. The van der Waals surface area contributed by atoms with Crippen LogP contribution in [0, 0.1) is 11.8 Å². The van der Waals surface area contributed by atoms with E-state index in [1.807, 2.05) is 19.9 Å². The van der Waals surface area contributed by atoms with E-state index in [1.54, 1.807) is 47.8 Å². The maximum absolute atomic E-state index is 13.1. The highest BCUT2D eigenvalue weighted by Crippen LogP contribution is 2.30. The minimum atomic E-state index is -0.490. The summed E-state index contributed by atoms with van der Waals surface area (Å²) in [5, 5.41) is 11.8. The number of methoxy groups -OCH3 is 1. The molecule has 1 aliphatic carbocycles. The van der Waals surface area contributed by atoms with Crippen molar-refractivity contribution in [2.45, 2.75) is 26.3 Å². The molecule has 0 bridgehead atoms. The van der Waals surface area contributed by atoms with Crippen molar-refractivity contribution in [3.63, 3.8) is 0 Å². The first-order valence-corrected chi connectivity index (χ1v) is 9.62. The van der Waals surface area contributed by atoms with E-state index in [9.17, 15) is 9.59 Å². The van der Waals surface area contributed by atoms with Gasteiger partial charge in [-0.05, 0) is 42.7 Å². The van der Waals surface area contributed by atoms with Crippen LogP contribution >= 0.6 is 0 Å². The fourth-order valence-corrected chi connectivity index (χ4v) is 3.49. The van der Waals surface area contributed by atoms with Crippen LogP contribution < -0.4 is 15.5 Å². The summed E-state index contributed by atoms with van der Waals surface area (Å²) in [7, 11) is 1.59. The number of rotatable bonds is 4. The molecule has 1 unspecified atom stereocenters. The highest BCUT2D eigenvalue weighted by molar-refractivity contribution is 5.90. The Labute approximate surface area is 170 Å². The van der Waals surface area contributed by atoms with Gasteiger partial charge in [0.15, 0.2) is 0 Å². The average Bonchev–Trinajstić information content (AvgIpc) is 2.93. The number of carbonyl (C=O) groups excluding carboxylic acids is 2. The smallest absolute Gasteiger partial charge is 0.322 e. The molecule has 3 amide bonds. The van der Waals surface area contributed by atoms with Crippen LogP contribution in [0.1, 0.15) is 20.3 Å². The molecule has 1 heterocycles. The van der Waals surface area contributed by atoms with Crippen LogP contribution in [-0.2, 0) is 9.53 Å². The molecule has 3 N–H and O–H groups in total. The van der Waals surface area contributed by atoms with Crippen molar-refractivity contribution in [1.82, 2.24) is 10.4 Å². The maximum atomic E-state index is 13.1. The predicted molar refractivity (Wildman–Crippen MR) is 107 cm³/mol. The first-order chi connectivity index (χ1) is 13.9. The zero-order chi connectivity index (χ0) is 21.0. The van der Waals surface area contributed by atoms with Crippen LogP contribution in [0.2, 0.25) is 0 Å². The zero-order valence-electron chi connectivity index (χ0n) is 16.8. The Morgan fingerprint density at radius 3 is 2.62 bits per heavy atom. The van der Waals surface area contributed by atoms with Crippen molar-refractivity contribution in [1.29, 1.82) is 0 Å². The van der Waals surface area contributed by atoms with E-state index < -0.39 is 11.8 Å². The van der Waals surface area contributed by atoms with Crippen LogP contribution in [0.25, 0.3) is 0 Å². The van der Waals surface area contributed by atoms with Crippen LogP contribution in [0.3, 0.4) is 0 Å². The second-order valence-electron chi connectivity index (χ2n) is 7.49. The highest BCUT2D eigenvalue weighted by Gasteiger charge is 2.34. The summed E-state index contributed by atoms with van der Waals surface area (Å²) < 4.78 is 11.1. The number of fused-ring (bicyclic) bond motifs is 1. The van der Waals surface area contributed by atoms with Gasteiger partial charge in [-0.3, -0.25) is 10.0 Å². The number of ether oxygens (including phenoxy) is 2. The monoisotopic (exact) mass is 401 g/mol. The Morgan fingerprint density at radius 1 is 1.28 bits per heavy atom. The summed E-state index contributed by atoms with van der Waals surface area (Å²) in [5.74, 6) is 0.519. The zero-order valence-corrected chi connectivity index (χ0v) is 16.8. The summed E-state index contributed by atoms with van der Waals surface area (Å²) in [4.78, 5) is 26.6. The Hall–Kier alpha value is -3.00. The number of carbonyl (C=O) groups is 2. The lowest BCUT2D eigenvalue weighted by Crippen LogP contribution is -2.47. The SMILES string of the molecule is COc1ccc(NC(=O)N2CC3=CCC(C(=O)NO)C=C3OC[C@H]2C(C)C)cc1.